The molecule has 1 aromatic carbocycles. The van der Waals surface area contributed by atoms with Gasteiger partial charge in [0, 0.05) is 10.9 Å². The van der Waals surface area contributed by atoms with Gasteiger partial charge in [-0.1, -0.05) is 0 Å². The fourth-order valence-corrected chi connectivity index (χ4v) is 3.67. The van der Waals surface area contributed by atoms with Crippen LogP contribution < -0.4 is 10.2 Å². The molecule has 4 aromatic rings. The summed E-state index contributed by atoms with van der Waals surface area (Å²) in [6.45, 7) is 5.83. The van der Waals surface area contributed by atoms with Crippen molar-refractivity contribution in [2.24, 2.45) is 0 Å². The molecular weight excluding hydrogens is 406 g/mol. The van der Waals surface area contributed by atoms with Gasteiger partial charge in [-0.15, -0.1) is 11.3 Å². The van der Waals surface area contributed by atoms with E-state index in [0.717, 1.165) is 5.01 Å². The van der Waals surface area contributed by atoms with E-state index in [1.807, 2.05) is 19.2 Å². The van der Waals surface area contributed by atoms with Gasteiger partial charge in [-0.2, -0.15) is 0 Å². The van der Waals surface area contributed by atoms with Crippen molar-refractivity contribution < 1.29 is 23.1 Å². The third-order valence-corrected chi connectivity index (χ3v) is 5.32. The zero-order chi connectivity index (χ0) is 21.3. The van der Waals surface area contributed by atoms with Crippen LogP contribution in [0.1, 0.15) is 33.8 Å². The van der Waals surface area contributed by atoms with E-state index in [1.54, 1.807) is 31.2 Å². The third-order valence-electron chi connectivity index (χ3n) is 4.54. The van der Waals surface area contributed by atoms with Gasteiger partial charge in [0.1, 0.15) is 30.0 Å². The van der Waals surface area contributed by atoms with Gasteiger partial charge in [0.05, 0.1) is 28.3 Å². The quantitative estimate of drug-likeness (QED) is 0.406. The van der Waals surface area contributed by atoms with Gasteiger partial charge in [-0.05, 0) is 45.0 Å². The van der Waals surface area contributed by atoms with Crippen molar-refractivity contribution in [3.05, 3.63) is 68.2 Å². The second kappa shape index (κ2) is 8.16. The lowest BCUT2D eigenvalue weighted by Crippen LogP contribution is -2.06. The number of fused-ring (bicyclic) bond motifs is 1. The Hall–Kier alpha value is -3.39. The van der Waals surface area contributed by atoms with E-state index >= 15 is 0 Å². The molecule has 0 aliphatic heterocycles. The third kappa shape index (κ3) is 3.73. The minimum atomic E-state index is -0.515. The summed E-state index contributed by atoms with van der Waals surface area (Å²) in [6, 6.07) is 6.60. The molecule has 0 aliphatic carbocycles. The molecule has 3 aromatic heterocycles. The summed E-state index contributed by atoms with van der Waals surface area (Å²) in [5.74, 6) is 0.644. The van der Waals surface area contributed by atoms with Gasteiger partial charge >= 0.3 is 5.97 Å². The van der Waals surface area contributed by atoms with Gasteiger partial charge < -0.3 is 18.3 Å². The van der Waals surface area contributed by atoms with Crippen LogP contribution >= 0.6 is 11.3 Å². The van der Waals surface area contributed by atoms with E-state index < -0.39 is 5.97 Å². The highest BCUT2D eigenvalue weighted by atomic mass is 32.1. The van der Waals surface area contributed by atoms with Crippen LogP contribution in [0.15, 0.2) is 49.5 Å². The van der Waals surface area contributed by atoms with Crippen molar-refractivity contribution in [3.63, 3.8) is 0 Å². The first kappa shape index (κ1) is 19.9. The maximum Gasteiger partial charge on any atom is 0.374 e. The lowest BCUT2D eigenvalue weighted by atomic mass is 10.1. The highest BCUT2D eigenvalue weighted by Gasteiger charge is 2.16. The Morgan fingerprint density at radius 1 is 1.20 bits per heavy atom. The van der Waals surface area contributed by atoms with Gasteiger partial charge in [0.2, 0.25) is 11.2 Å². The molecule has 0 bridgehead atoms. The van der Waals surface area contributed by atoms with Crippen LogP contribution in [0.2, 0.25) is 0 Å². The Morgan fingerprint density at radius 2 is 2.03 bits per heavy atom. The molecule has 0 amide bonds. The standard InChI is InChI=1S/C22H19NO6S/c1-4-26-22(25)19-7-5-14(29-19)9-27-18-8-6-15-20(24)16(10-28-21(15)12(18)2)17-11-30-13(3)23-17/h5-8,10-11H,4,9H2,1-3H3. The van der Waals surface area contributed by atoms with Crippen molar-refractivity contribution in [1.82, 2.24) is 4.98 Å². The van der Waals surface area contributed by atoms with Crippen molar-refractivity contribution in [2.45, 2.75) is 27.4 Å². The monoisotopic (exact) mass is 425 g/mol. The Kier molecular flexibility index (Phi) is 5.41. The minimum Gasteiger partial charge on any atom is -0.485 e. The molecule has 0 N–H and O–H groups in total. The number of benzene rings is 1. The average molecular weight is 425 g/mol. The lowest BCUT2D eigenvalue weighted by Gasteiger charge is -2.10. The smallest absolute Gasteiger partial charge is 0.374 e. The molecule has 0 atom stereocenters. The Bertz CT molecular complexity index is 1280. The number of hydrogen-bond acceptors (Lipinski definition) is 8. The molecular formula is C22H19NO6S. The minimum absolute atomic E-state index is 0.117. The molecule has 0 radical (unpaired) electrons. The van der Waals surface area contributed by atoms with E-state index in [1.165, 1.54) is 17.6 Å². The van der Waals surface area contributed by atoms with Crippen LogP contribution in [-0.4, -0.2) is 17.6 Å². The first-order valence-corrected chi connectivity index (χ1v) is 10.2. The molecule has 0 aliphatic rings. The molecule has 0 unspecified atom stereocenters. The number of hydrogen-bond donors (Lipinski definition) is 0. The second-order valence-corrected chi connectivity index (χ2v) is 7.63. The number of esters is 1. The van der Waals surface area contributed by atoms with Gasteiger partial charge in [-0.3, -0.25) is 4.79 Å². The first-order valence-electron chi connectivity index (χ1n) is 9.34. The van der Waals surface area contributed by atoms with E-state index in [9.17, 15) is 9.59 Å². The van der Waals surface area contributed by atoms with Crippen LogP contribution in [0, 0.1) is 13.8 Å². The summed E-state index contributed by atoms with van der Waals surface area (Å²) in [4.78, 5) is 29.0. The van der Waals surface area contributed by atoms with Crippen LogP contribution in [0.25, 0.3) is 22.2 Å². The average Bonchev–Trinajstić information content (AvgIpc) is 3.37. The summed E-state index contributed by atoms with van der Waals surface area (Å²) < 4.78 is 22.0. The molecule has 154 valence electrons. The molecule has 7 nitrogen and oxygen atoms in total. The largest absolute Gasteiger partial charge is 0.485 e. The maximum atomic E-state index is 12.9. The number of rotatable bonds is 6. The number of nitrogens with zero attached hydrogens (tertiary/aromatic N) is 1. The molecule has 30 heavy (non-hydrogen) atoms. The number of aryl methyl sites for hydroxylation is 2. The molecule has 3 heterocycles. The molecule has 0 saturated heterocycles. The number of carbonyl (C=O) groups is 1. The number of carbonyl (C=O) groups excluding carboxylic acids is 1. The summed E-state index contributed by atoms with van der Waals surface area (Å²) in [5.41, 5.74) is 2.06. The van der Waals surface area contributed by atoms with Crippen LogP contribution in [0.5, 0.6) is 5.75 Å². The first-order chi connectivity index (χ1) is 14.5. The fourth-order valence-electron chi connectivity index (χ4n) is 3.06. The molecule has 4 rings (SSSR count). The molecule has 0 saturated carbocycles. The van der Waals surface area contributed by atoms with Crippen LogP contribution in [0.3, 0.4) is 0 Å². The molecule has 0 fully saturated rings. The summed E-state index contributed by atoms with van der Waals surface area (Å²) in [7, 11) is 0. The zero-order valence-electron chi connectivity index (χ0n) is 16.7. The van der Waals surface area contributed by atoms with E-state index in [-0.39, 0.29) is 24.4 Å². The Morgan fingerprint density at radius 3 is 2.77 bits per heavy atom. The number of furan rings is 1. The zero-order valence-corrected chi connectivity index (χ0v) is 17.5. The van der Waals surface area contributed by atoms with Gasteiger partial charge in [0.25, 0.3) is 0 Å². The maximum absolute atomic E-state index is 12.9. The summed E-state index contributed by atoms with van der Waals surface area (Å²) in [5, 5.41) is 3.19. The van der Waals surface area contributed by atoms with Gasteiger partial charge in [-0.25, -0.2) is 9.78 Å². The Balaban J connectivity index is 1.58. The van der Waals surface area contributed by atoms with Crippen molar-refractivity contribution >= 4 is 28.3 Å². The van der Waals surface area contributed by atoms with E-state index in [2.05, 4.69) is 4.98 Å². The molecule has 8 heteroatoms. The summed E-state index contributed by atoms with van der Waals surface area (Å²) >= 11 is 1.48. The normalized spacial score (nSPS) is 11.0. The number of ether oxygens (including phenoxy) is 2. The van der Waals surface area contributed by atoms with E-state index in [4.69, 9.17) is 18.3 Å². The lowest BCUT2D eigenvalue weighted by molar-refractivity contribution is 0.0486. The number of thiazole rings is 1. The predicted octanol–water partition coefficient (Wildman–Crippen LogP) is 4.88. The van der Waals surface area contributed by atoms with Crippen LogP contribution in [0.4, 0.5) is 0 Å². The van der Waals surface area contributed by atoms with Crippen molar-refractivity contribution in [1.29, 1.82) is 0 Å². The second-order valence-electron chi connectivity index (χ2n) is 6.57. The Labute approximate surface area is 175 Å². The SMILES string of the molecule is CCOC(=O)c1ccc(COc2ccc3c(=O)c(-c4csc(C)n4)coc3c2C)o1. The van der Waals surface area contributed by atoms with E-state index in [0.29, 0.717) is 39.3 Å². The van der Waals surface area contributed by atoms with Crippen LogP contribution in [-0.2, 0) is 11.3 Å². The molecule has 0 spiro atoms. The fraction of sp³-hybridized carbons (Fsp3) is 0.227. The van der Waals surface area contributed by atoms with Crippen molar-refractivity contribution in [3.8, 4) is 17.0 Å². The van der Waals surface area contributed by atoms with Crippen molar-refractivity contribution in [2.75, 3.05) is 6.61 Å². The highest BCUT2D eigenvalue weighted by Crippen LogP contribution is 2.29. The number of aromatic nitrogens is 1. The highest BCUT2D eigenvalue weighted by molar-refractivity contribution is 7.09. The topological polar surface area (TPSA) is 91.8 Å². The predicted molar refractivity (Wildman–Crippen MR) is 112 cm³/mol. The van der Waals surface area contributed by atoms with Gasteiger partial charge in [0.15, 0.2) is 0 Å². The summed E-state index contributed by atoms with van der Waals surface area (Å²) in [6.07, 6.45) is 1.44.